The zero-order valence-electron chi connectivity index (χ0n) is 37.5. The monoisotopic (exact) mass is 790 g/mol. The van der Waals surface area contributed by atoms with E-state index in [-0.39, 0.29) is 24.9 Å². The molecule has 0 aromatic rings. The van der Waals surface area contributed by atoms with Crippen molar-refractivity contribution in [2.24, 2.45) is 0 Å². The van der Waals surface area contributed by atoms with Crippen molar-refractivity contribution < 1.29 is 24.5 Å². The van der Waals surface area contributed by atoms with Gasteiger partial charge in [-0.3, -0.25) is 9.59 Å². The third-order valence-electron chi connectivity index (χ3n) is 11.3. The highest BCUT2D eigenvalue weighted by molar-refractivity contribution is 5.77. The molecule has 3 atom stereocenters. The Bertz CT molecular complexity index is 889. The van der Waals surface area contributed by atoms with Crippen LogP contribution in [-0.2, 0) is 14.3 Å². The van der Waals surface area contributed by atoms with Gasteiger partial charge in [0.2, 0.25) is 5.91 Å². The Labute approximate surface area is 348 Å². The van der Waals surface area contributed by atoms with Crippen LogP contribution >= 0.6 is 0 Å². The smallest absolute Gasteiger partial charge is 0.306 e. The second kappa shape index (κ2) is 44.4. The van der Waals surface area contributed by atoms with Crippen molar-refractivity contribution in [1.29, 1.82) is 0 Å². The molecule has 6 heteroatoms. The fourth-order valence-electron chi connectivity index (χ4n) is 7.52. The molecule has 0 radical (unpaired) electrons. The van der Waals surface area contributed by atoms with Crippen LogP contribution < -0.4 is 5.32 Å². The lowest BCUT2D eigenvalue weighted by Gasteiger charge is -2.24. The first-order valence-electron chi connectivity index (χ1n) is 24.6. The maximum atomic E-state index is 13.2. The first kappa shape index (κ1) is 54.3. The molecule has 0 aliphatic carbocycles. The molecule has 0 aromatic carbocycles. The van der Waals surface area contributed by atoms with E-state index >= 15 is 0 Å². The van der Waals surface area contributed by atoms with Crippen LogP contribution in [0.5, 0.6) is 0 Å². The Morgan fingerprint density at radius 1 is 0.518 bits per heavy atom. The van der Waals surface area contributed by atoms with Gasteiger partial charge in [-0.15, -0.1) is 0 Å². The molecule has 0 aliphatic rings. The number of unbranched alkanes of at least 4 members (excludes halogenated alkanes) is 28. The minimum absolute atomic E-state index is 0.0729. The van der Waals surface area contributed by atoms with Crippen LogP contribution in [0.3, 0.4) is 0 Å². The van der Waals surface area contributed by atoms with Gasteiger partial charge >= 0.3 is 5.97 Å². The molecule has 0 saturated heterocycles. The number of aliphatic hydroxyl groups is 2. The van der Waals surface area contributed by atoms with Gasteiger partial charge in [-0.2, -0.15) is 0 Å². The average molecular weight is 790 g/mol. The second-order valence-electron chi connectivity index (χ2n) is 16.9. The standard InChI is InChI=1S/C50H95NO5/c1-4-7-10-13-16-19-22-24-25-26-27-29-32-35-38-41-46(56-50(55)43-40-37-34-31-21-18-15-12-9-6-3)44-49(54)51-47(45-52)48(53)42-39-36-33-30-28-23-20-17-14-11-8-5-2/h16,19,24-25,46-48,52-53H,4-15,17-18,20-23,26-45H2,1-3H3,(H,51,54)/b19-16-,25-24-. The summed E-state index contributed by atoms with van der Waals surface area (Å²) in [5.41, 5.74) is 0. The van der Waals surface area contributed by atoms with Crippen molar-refractivity contribution in [3.05, 3.63) is 24.3 Å². The van der Waals surface area contributed by atoms with Crippen LogP contribution in [-0.4, -0.2) is 46.9 Å². The minimum Gasteiger partial charge on any atom is -0.462 e. The summed E-state index contributed by atoms with van der Waals surface area (Å²) < 4.78 is 5.91. The number of hydrogen-bond acceptors (Lipinski definition) is 5. The van der Waals surface area contributed by atoms with Gasteiger partial charge in [0.05, 0.1) is 25.2 Å². The van der Waals surface area contributed by atoms with Gasteiger partial charge in [-0.1, -0.05) is 212 Å². The van der Waals surface area contributed by atoms with Crippen LogP contribution in [0.2, 0.25) is 0 Å². The highest BCUT2D eigenvalue weighted by atomic mass is 16.5. The van der Waals surface area contributed by atoms with Gasteiger partial charge < -0.3 is 20.3 Å². The lowest BCUT2D eigenvalue weighted by Crippen LogP contribution is -2.46. The van der Waals surface area contributed by atoms with Crippen LogP contribution in [0.25, 0.3) is 0 Å². The van der Waals surface area contributed by atoms with E-state index < -0.39 is 18.2 Å². The quantitative estimate of drug-likeness (QED) is 0.0324. The maximum absolute atomic E-state index is 13.2. The number of aliphatic hydroxyl groups excluding tert-OH is 2. The number of esters is 1. The third-order valence-corrected chi connectivity index (χ3v) is 11.3. The van der Waals surface area contributed by atoms with Crippen molar-refractivity contribution in [3.8, 4) is 0 Å². The molecule has 0 fully saturated rings. The average Bonchev–Trinajstić information content (AvgIpc) is 3.19. The zero-order chi connectivity index (χ0) is 41.0. The molecule has 330 valence electrons. The summed E-state index contributed by atoms with van der Waals surface area (Å²) in [6, 6.07) is -0.700. The van der Waals surface area contributed by atoms with Crippen molar-refractivity contribution >= 4 is 11.9 Å². The number of allylic oxidation sites excluding steroid dienone is 4. The summed E-state index contributed by atoms with van der Waals surface area (Å²) >= 11 is 0. The molecule has 0 spiro atoms. The van der Waals surface area contributed by atoms with Crippen LogP contribution in [0.1, 0.15) is 258 Å². The normalized spacial score (nSPS) is 13.4. The first-order chi connectivity index (χ1) is 27.5. The van der Waals surface area contributed by atoms with E-state index in [0.717, 1.165) is 64.2 Å². The molecular weight excluding hydrogens is 695 g/mol. The lowest BCUT2D eigenvalue weighted by atomic mass is 10.0. The van der Waals surface area contributed by atoms with Gasteiger partial charge in [-0.25, -0.2) is 0 Å². The molecule has 3 N–H and O–H groups in total. The summed E-state index contributed by atoms with van der Waals surface area (Å²) in [6.45, 7) is 6.44. The third kappa shape index (κ3) is 39.2. The highest BCUT2D eigenvalue weighted by Crippen LogP contribution is 2.18. The van der Waals surface area contributed by atoms with E-state index in [1.807, 2.05) is 0 Å². The topological polar surface area (TPSA) is 95.9 Å². The van der Waals surface area contributed by atoms with Crippen molar-refractivity contribution in [2.75, 3.05) is 6.61 Å². The summed E-state index contributed by atoms with van der Waals surface area (Å²) in [5, 5.41) is 23.7. The molecule has 0 aliphatic heterocycles. The number of rotatable bonds is 44. The predicted molar refractivity (Wildman–Crippen MR) is 241 cm³/mol. The molecular formula is C50H95NO5. The molecule has 1 amide bonds. The molecule has 0 bridgehead atoms. The van der Waals surface area contributed by atoms with Crippen molar-refractivity contribution in [2.45, 2.75) is 277 Å². The largest absolute Gasteiger partial charge is 0.462 e. The second-order valence-corrected chi connectivity index (χ2v) is 16.9. The van der Waals surface area contributed by atoms with Crippen molar-refractivity contribution in [1.82, 2.24) is 5.32 Å². The van der Waals surface area contributed by atoms with Gasteiger partial charge in [0, 0.05) is 6.42 Å². The Hall–Kier alpha value is -1.66. The van der Waals surface area contributed by atoms with E-state index in [1.165, 1.54) is 148 Å². The number of ether oxygens (including phenoxy) is 1. The van der Waals surface area contributed by atoms with Gasteiger partial charge in [-0.05, 0) is 57.8 Å². The molecule has 6 nitrogen and oxygen atoms in total. The van der Waals surface area contributed by atoms with E-state index in [0.29, 0.717) is 19.3 Å². The molecule has 0 aromatic heterocycles. The van der Waals surface area contributed by atoms with E-state index in [4.69, 9.17) is 4.74 Å². The van der Waals surface area contributed by atoms with Crippen LogP contribution in [0, 0.1) is 0 Å². The predicted octanol–water partition coefficient (Wildman–Crippen LogP) is 14.3. The fraction of sp³-hybridized carbons (Fsp3) is 0.880. The lowest BCUT2D eigenvalue weighted by molar-refractivity contribution is -0.151. The SMILES string of the molecule is CCCCC/C=C\C/C=C\CCCCCCCC(CC(=O)NC(CO)C(O)CCCCCCCCCCCCCC)OC(=O)CCCCCCCCCCCC. The molecule has 0 rings (SSSR count). The Kier molecular flexibility index (Phi) is 43.1. The van der Waals surface area contributed by atoms with Crippen LogP contribution in [0.4, 0.5) is 0 Å². The summed E-state index contributed by atoms with van der Waals surface area (Å²) in [4.78, 5) is 26.0. The summed E-state index contributed by atoms with van der Waals surface area (Å²) in [7, 11) is 0. The number of carbonyl (C=O) groups is 2. The molecule has 56 heavy (non-hydrogen) atoms. The fourth-order valence-corrected chi connectivity index (χ4v) is 7.52. The Morgan fingerprint density at radius 2 is 0.911 bits per heavy atom. The molecule has 0 heterocycles. The van der Waals surface area contributed by atoms with E-state index in [9.17, 15) is 19.8 Å². The van der Waals surface area contributed by atoms with Gasteiger partial charge in [0.25, 0.3) is 0 Å². The first-order valence-corrected chi connectivity index (χ1v) is 24.6. The summed E-state index contributed by atoms with van der Waals surface area (Å²) in [5.74, 6) is -0.479. The van der Waals surface area contributed by atoms with E-state index in [2.05, 4.69) is 50.4 Å². The molecule has 3 unspecified atom stereocenters. The Balaban J connectivity index is 4.58. The number of carbonyl (C=O) groups excluding carboxylic acids is 2. The zero-order valence-corrected chi connectivity index (χ0v) is 37.5. The maximum Gasteiger partial charge on any atom is 0.306 e. The minimum atomic E-state index is -0.786. The van der Waals surface area contributed by atoms with Crippen LogP contribution in [0.15, 0.2) is 24.3 Å². The Morgan fingerprint density at radius 3 is 1.39 bits per heavy atom. The number of amides is 1. The molecule has 0 saturated carbocycles. The van der Waals surface area contributed by atoms with Gasteiger partial charge in [0.15, 0.2) is 0 Å². The number of hydrogen-bond donors (Lipinski definition) is 3. The summed E-state index contributed by atoms with van der Waals surface area (Å²) in [6.07, 6.45) is 49.4. The van der Waals surface area contributed by atoms with Crippen molar-refractivity contribution in [3.63, 3.8) is 0 Å². The van der Waals surface area contributed by atoms with Gasteiger partial charge in [0.1, 0.15) is 6.10 Å². The van der Waals surface area contributed by atoms with E-state index in [1.54, 1.807) is 0 Å². The highest BCUT2D eigenvalue weighted by Gasteiger charge is 2.24. The number of nitrogens with one attached hydrogen (secondary N) is 1.